The number of benzene rings is 2. The van der Waals surface area contributed by atoms with Gasteiger partial charge in [-0.2, -0.15) is 0 Å². The van der Waals surface area contributed by atoms with Crippen LogP contribution in [-0.4, -0.2) is 38.2 Å². The lowest BCUT2D eigenvalue weighted by atomic mass is 9.71. The number of allylic oxidation sites excluding steroid dienone is 3. The van der Waals surface area contributed by atoms with Crippen molar-refractivity contribution < 1.29 is 28.9 Å². The van der Waals surface area contributed by atoms with Crippen LogP contribution >= 0.6 is 0 Å². The number of dihydropyridines is 1. The molecule has 2 N–H and O–H groups in total. The Morgan fingerprint density at radius 1 is 1.00 bits per heavy atom. The molecule has 0 bridgehead atoms. The molecule has 7 nitrogen and oxygen atoms in total. The molecule has 2 aliphatic rings. The molecule has 0 saturated heterocycles. The number of Topliss-reactive ketones (excluding diaryl/α,β-unsaturated/α-hetero) is 1. The van der Waals surface area contributed by atoms with Crippen molar-refractivity contribution in [2.24, 2.45) is 0 Å². The Kier molecular flexibility index (Phi) is 6.14. The van der Waals surface area contributed by atoms with Gasteiger partial charge in [-0.3, -0.25) is 4.79 Å². The summed E-state index contributed by atoms with van der Waals surface area (Å²) in [5.74, 6) is 0.0903. The van der Waals surface area contributed by atoms with Crippen LogP contribution in [0.3, 0.4) is 0 Å². The summed E-state index contributed by atoms with van der Waals surface area (Å²) in [7, 11) is 4.49. The molecule has 2 aromatic carbocycles. The van der Waals surface area contributed by atoms with E-state index in [0.717, 1.165) is 11.3 Å². The smallest absolute Gasteiger partial charge is 0.336 e. The Hall–Kier alpha value is -3.74. The van der Waals surface area contributed by atoms with Gasteiger partial charge in [0, 0.05) is 29.3 Å². The predicted octanol–water partition coefficient (Wildman–Crippen LogP) is 3.94. The Morgan fingerprint density at radius 2 is 1.76 bits per heavy atom. The van der Waals surface area contributed by atoms with E-state index in [9.17, 15) is 14.7 Å². The molecule has 1 aliphatic carbocycles. The lowest BCUT2D eigenvalue weighted by Crippen LogP contribution is -2.36. The van der Waals surface area contributed by atoms with Crippen LogP contribution in [0.5, 0.6) is 17.2 Å². The molecular formula is C26H27NO6. The topological polar surface area (TPSA) is 94.1 Å². The molecule has 2 aromatic rings. The van der Waals surface area contributed by atoms with Crippen LogP contribution in [0.4, 0.5) is 0 Å². The number of nitrogens with one attached hydrogen (secondary N) is 1. The van der Waals surface area contributed by atoms with Gasteiger partial charge in [0.2, 0.25) is 0 Å². The first-order chi connectivity index (χ1) is 15.9. The van der Waals surface area contributed by atoms with E-state index in [1.807, 2.05) is 24.3 Å². The number of ketones is 1. The lowest BCUT2D eigenvalue weighted by molar-refractivity contribution is -0.136. The monoisotopic (exact) mass is 449 g/mol. The number of rotatable bonds is 5. The first-order valence-electron chi connectivity index (χ1n) is 10.7. The fourth-order valence-corrected chi connectivity index (χ4v) is 4.80. The molecule has 0 saturated carbocycles. The molecule has 1 heterocycles. The van der Waals surface area contributed by atoms with Crippen LogP contribution in [0.1, 0.15) is 42.7 Å². The molecule has 0 unspecified atom stereocenters. The van der Waals surface area contributed by atoms with E-state index in [2.05, 4.69) is 5.32 Å². The zero-order chi connectivity index (χ0) is 23.7. The first-order valence-corrected chi connectivity index (χ1v) is 10.7. The minimum atomic E-state index is -0.611. The molecule has 0 amide bonds. The Bertz CT molecular complexity index is 1180. The number of phenolic OH excluding ortho intramolecular Hbond substituents is 1. The largest absolute Gasteiger partial charge is 0.508 e. The second-order valence-electron chi connectivity index (χ2n) is 8.22. The molecule has 172 valence electrons. The summed E-state index contributed by atoms with van der Waals surface area (Å²) in [6.45, 7) is 1.80. The van der Waals surface area contributed by atoms with Crippen LogP contribution in [0, 0.1) is 0 Å². The van der Waals surface area contributed by atoms with E-state index in [4.69, 9.17) is 14.2 Å². The van der Waals surface area contributed by atoms with E-state index < -0.39 is 11.9 Å². The Labute approximate surface area is 192 Å². The van der Waals surface area contributed by atoms with Crippen LogP contribution in [-0.2, 0) is 14.3 Å². The highest BCUT2D eigenvalue weighted by Gasteiger charge is 2.41. The SMILES string of the molecule is COC(=O)C1=C(C)NC2=C(C(=O)C[C@H](c3ccc(OC)c(OC)c3)C2)[C@@H]1c1cccc(O)c1. The molecular weight excluding hydrogens is 422 g/mol. The molecule has 33 heavy (non-hydrogen) atoms. The summed E-state index contributed by atoms with van der Waals surface area (Å²) in [6.07, 6.45) is 0.885. The number of aromatic hydroxyl groups is 1. The van der Waals surface area contributed by atoms with E-state index >= 15 is 0 Å². The zero-order valence-corrected chi connectivity index (χ0v) is 19.1. The zero-order valence-electron chi connectivity index (χ0n) is 19.1. The molecule has 7 heteroatoms. The van der Waals surface area contributed by atoms with Crippen LogP contribution in [0.15, 0.2) is 65.0 Å². The molecule has 4 rings (SSSR count). The van der Waals surface area contributed by atoms with Gasteiger partial charge in [0.15, 0.2) is 17.3 Å². The summed E-state index contributed by atoms with van der Waals surface area (Å²) in [6, 6.07) is 12.4. The van der Waals surface area contributed by atoms with Gasteiger partial charge in [-0.15, -0.1) is 0 Å². The van der Waals surface area contributed by atoms with Gasteiger partial charge in [0.1, 0.15) is 5.75 Å². The molecule has 0 radical (unpaired) electrons. The minimum Gasteiger partial charge on any atom is -0.508 e. The highest BCUT2D eigenvalue weighted by Crippen LogP contribution is 2.46. The summed E-state index contributed by atoms with van der Waals surface area (Å²) in [5.41, 5.74) is 3.98. The molecule has 1 aliphatic heterocycles. The van der Waals surface area contributed by atoms with Crippen molar-refractivity contribution in [1.82, 2.24) is 5.32 Å². The minimum absolute atomic E-state index is 0.0502. The van der Waals surface area contributed by atoms with E-state index in [-0.39, 0.29) is 17.5 Å². The summed E-state index contributed by atoms with van der Waals surface area (Å²) in [5, 5.41) is 13.4. The maximum Gasteiger partial charge on any atom is 0.336 e. The van der Waals surface area contributed by atoms with E-state index in [0.29, 0.717) is 46.7 Å². The summed E-state index contributed by atoms with van der Waals surface area (Å²) < 4.78 is 15.8. The van der Waals surface area contributed by atoms with Crippen molar-refractivity contribution >= 4 is 11.8 Å². The maximum absolute atomic E-state index is 13.5. The number of carbonyl (C=O) groups excluding carboxylic acids is 2. The van der Waals surface area contributed by atoms with Gasteiger partial charge in [0.25, 0.3) is 0 Å². The molecule has 0 fully saturated rings. The lowest BCUT2D eigenvalue weighted by Gasteiger charge is -2.36. The van der Waals surface area contributed by atoms with Gasteiger partial charge >= 0.3 is 5.97 Å². The number of esters is 1. The van der Waals surface area contributed by atoms with Crippen LogP contribution in [0.2, 0.25) is 0 Å². The summed E-state index contributed by atoms with van der Waals surface area (Å²) in [4.78, 5) is 26.2. The van der Waals surface area contributed by atoms with Crippen LogP contribution in [0.25, 0.3) is 0 Å². The number of phenols is 1. The van der Waals surface area contributed by atoms with Gasteiger partial charge in [-0.1, -0.05) is 18.2 Å². The fraction of sp³-hybridized carbons (Fsp3) is 0.308. The average molecular weight is 450 g/mol. The Morgan fingerprint density at radius 3 is 2.42 bits per heavy atom. The number of hydrogen-bond acceptors (Lipinski definition) is 7. The second kappa shape index (κ2) is 9.02. The quantitative estimate of drug-likeness (QED) is 0.668. The maximum atomic E-state index is 13.5. The van der Waals surface area contributed by atoms with E-state index in [1.54, 1.807) is 39.3 Å². The standard InChI is InChI=1S/C26H27NO6/c1-14-23(26(30)33-4)24(16-6-5-7-18(28)10-16)25-19(27-14)11-17(12-20(25)29)15-8-9-21(31-2)22(13-15)32-3/h5-10,13,17,24,27-28H,11-12H2,1-4H3/t17-,24-/m1/s1. The first kappa shape index (κ1) is 22.5. The van der Waals surface area contributed by atoms with E-state index in [1.165, 1.54) is 7.11 Å². The van der Waals surface area contributed by atoms with Crippen molar-refractivity contribution in [2.75, 3.05) is 21.3 Å². The van der Waals surface area contributed by atoms with Crippen molar-refractivity contribution in [2.45, 2.75) is 31.6 Å². The highest BCUT2D eigenvalue weighted by molar-refractivity contribution is 6.04. The average Bonchev–Trinajstić information content (AvgIpc) is 2.82. The third-order valence-corrected chi connectivity index (χ3v) is 6.32. The number of hydrogen-bond donors (Lipinski definition) is 2. The Balaban J connectivity index is 1.78. The van der Waals surface area contributed by atoms with Crippen molar-refractivity contribution in [3.8, 4) is 17.2 Å². The molecule has 0 aromatic heterocycles. The van der Waals surface area contributed by atoms with Crippen molar-refractivity contribution in [3.05, 3.63) is 76.1 Å². The number of methoxy groups -OCH3 is 3. The third-order valence-electron chi connectivity index (χ3n) is 6.32. The second-order valence-corrected chi connectivity index (χ2v) is 8.22. The highest BCUT2D eigenvalue weighted by atomic mass is 16.5. The third kappa shape index (κ3) is 4.06. The van der Waals surface area contributed by atoms with Crippen LogP contribution < -0.4 is 14.8 Å². The van der Waals surface area contributed by atoms with Crippen molar-refractivity contribution in [1.29, 1.82) is 0 Å². The van der Waals surface area contributed by atoms with Gasteiger partial charge in [-0.25, -0.2) is 4.79 Å². The van der Waals surface area contributed by atoms with Gasteiger partial charge < -0.3 is 24.6 Å². The predicted molar refractivity (Wildman–Crippen MR) is 122 cm³/mol. The van der Waals surface area contributed by atoms with Gasteiger partial charge in [0.05, 0.1) is 26.9 Å². The molecule has 0 spiro atoms. The molecule has 2 atom stereocenters. The fourth-order valence-electron chi connectivity index (χ4n) is 4.80. The van der Waals surface area contributed by atoms with Gasteiger partial charge in [-0.05, 0) is 54.7 Å². The number of carbonyl (C=O) groups is 2. The van der Waals surface area contributed by atoms with Crippen molar-refractivity contribution in [3.63, 3.8) is 0 Å². The summed E-state index contributed by atoms with van der Waals surface area (Å²) >= 11 is 0. The number of ether oxygens (including phenoxy) is 3. The normalized spacial score (nSPS) is 20.2.